The van der Waals surface area contributed by atoms with Crippen molar-refractivity contribution in [3.8, 4) is 11.3 Å². The van der Waals surface area contributed by atoms with E-state index in [2.05, 4.69) is 5.10 Å². The predicted octanol–water partition coefficient (Wildman–Crippen LogP) is 1.77. The second-order valence-electron chi connectivity index (χ2n) is 3.28. The van der Waals surface area contributed by atoms with Gasteiger partial charge in [-0.2, -0.15) is 5.10 Å². The van der Waals surface area contributed by atoms with E-state index in [9.17, 15) is 9.18 Å². The second-order valence-corrected chi connectivity index (χ2v) is 3.28. The highest BCUT2D eigenvalue weighted by molar-refractivity contribution is 5.68. The van der Waals surface area contributed by atoms with E-state index in [-0.39, 0.29) is 12.4 Å². The third kappa shape index (κ3) is 2.08. The van der Waals surface area contributed by atoms with Gasteiger partial charge in [0.05, 0.1) is 5.69 Å². The van der Waals surface area contributed by atoms with E-state index >= 15 is 0 Å². The first-order valence-electron chi connectivity index (χ1n) is 4.66. The second kappa shape index (κ2) is 4.14. The van der Waals surface area contributed by atoms with Gasteiger partial charge >= 0.3 is 5.97 Å². The van der Waals surface area contributed by atoms with E-state index in [1.54, 1.807) is 18.2 Å². The summed E-state index contributed by atoms with van der Waals surface area (Å²) < 4.78 is 14.3. The summed E-state index contributed by atoms with van der Waals surface area (Å²) in [6, 6.07) is 7.61. The average molecular weight is 220 g/mol. The Morgan fingerprint density at radius 1 is 1.44 bits per heavy atom. The first-order valence-corrected chi connectivity index (χ1v) is 4.66. The largest absolute Gasteiger partial charge is 0.480 e. The summed E-state index contributed by atoms with van der Waals surface area (Å²) in [5.74, 6) is -1.35. The normalized spacial score (nSPS) is 10.3. The van der Waals surface area contributed by atoms with Gasteiger partial charge in [-0.1, -0.05) is 12.1 Å². The first kappa shape index (κ1) is 10.4. The molecular weight excluding hydrogens is 211 g/mol. The lowest BCUT2D eigenvalue weighted by Crippen LogP contribution is -2.11. The molecule has 0 aliphatic carbocycles. The number of benzene rings is 1. The van der Waals surface area contributed by atoms with E-state index in [1.165, 1.54) is 23.0 Å². The zero-order valence-electron chi connectivity index (χ0n) is 8.30. The molecule has 0 fully saturated rings. The Labute approximate surface area is 90.9 Å². The van der Waals surface area contributed by atoms with Gasteiger partial charge in [-0.25, -0.2) is 4.39 Å². The number of nitrogens with zero attached hydrogens (tertiary/aromatic N) is 2. The minimum Gasteiger partial charge on any atom is -0.480 e. The number of aromatic nitrogens is 2. The Morgan fingerprint density at radius 2 is 2.25 bits per heavy atom. The molecule has 4 nitrogen and oxygen atoms in total. The number of hydrogen-bond acceptors (Lipinski definition) is 2. The third-order valence-corrected chi connectivity index (χ3v) is 2.12. The van der Waals surface area contributed by atoms with Crippen LogP contribution in [0.15, 0.2) is 36.5 Å². The number of carbonyl (C=O) groups is 1. The maximum Gasteiger partial charge on any atom is 0.325 e. The molecule has 1 aromatic heterocycles. The predicted molar refractivity (Wildman–Crippen MR) is 55.3 cm³/mol. The Morgan fingerprint density at radius 3 is 2.94 bits per heavy atom. The molecule has 16 heavy (non-hydrogen) atoms. The lowest BCUT2D eigenvalue weighted by atomic mass is 10.1. The van der Waals surface area contributed by atoms with Gasteiger partial charge in [0.2, 0.25) is 0 Å². The van der Waals surface area contributed by atoms with Crippen LogP contribution in [0, 0.1) is 5.82 Å². The van der Waals surface area contributed by atoms with Crippen LogP contribution in [0.25, 0.3) is 11.3 Å². The van der Waals surface area contributed by atoms with Crippen molar-refractivity contribution in [3.05, 3.63) is 42.3 Å². The van der Waals surface area contributed by atoms with Crippen LogP contribution in [0.2, 0.25) is 0 Å². The summed E-state index contributed by atoms with van der Waals surface area (Å²) in [6.45, 7) is -0.237. The van der Waals surface area contributed by atoms with Gasteiger partial charge in [0.25, 0.3) is 0 Å². The van der Waals surface area contributed by atoms with Crippen molar-refractivity contribution in [3.63, 3.8) is 0 Å². The van der Waals surface area contributed by atoms with Gasteiger partial charge in [-0.05, 0) is 18.2 Å². The third-order valence-electron chi connectivity index (χ3n) is 2.12. The van der Waals surface area contributed by atoms with Crippen LogP contribution in [0.5, 0.6) is 0 Å². The van der Waals surface area contributed by atoms with Gasteiger partial charge < -0.3 is 5.11 Å². The minimum absolute atomic E-state index is 0.237. The number of halogens is 1. The fraction of sp³-hybridized carbons (Fsp3) is 0.0909. The van der Waals surface area contributed by atoms with E-state index in [1.807, 2.05) is 0 Å². The minimum atomic E-state index is -0.985. The topological polar surface area (TPSA) is 55.1 Å². The van der Waals surface area contributed by atoms with Gasteiger partial charge in [-0.3, -0.25) is 9.48 Å². The number of hydrogen-bond donors (Lipinski definition) is 1. The fourth-order valence-electron chi connectivity index (χ4n) is 1.48. The Hall–Kier alpha value is -2.17. The molecule has 0 aliphatic rings. The van der Waals surface area contributed by atoms with E-state index < -0.39 is 5.97 Å². The average Bonchev–Trinajstić information content (AvgIpc) is 2.65. The van der Waals surface area contributed by atoms with Crippen LogP contribution < -0.4 is 0 Å². The summed E-state index contributed by atoms with van der Waals surface area (Å²) in [6.07, 6.45) is 1.49. The number of aliphatic carboxylic acids is 1. The molecule has 0 aliphatic heterocycles. The fourth-order valence-corrected chi connectivity index (χ4v) is 1.48. The molecule has 2 aromatic rings. The molecule has 5 heteroatoms. The molecule has 0 bridgehead atoms. The Balaban J connectivity index is 2.40. The van der Waals surface area contributed by atoms with Crippen LogP contribution in [-0.4, -0.2) is 20.9 Å². The number of carboxylic acid groups (broad SMARTS) is 1. The molecule has 0 amide bonds. The molecule has 0 unspecified atom stereocenters. The zero-order chi connectivity index (χ0) is 11.5. The lowest BCUT2D eigenvalue weighted by molar-refractivity contribution is -0.137. The van der Waals surface area contributed by atoms with E-state index in [0.717, 1.165) is 0 Å². The van der Waals surface area contributed by atoms with Crippen molar-refractivity contribution >= 4 is 5.97 Å². The van der Waals surface area contributed by atoms with Crippen molar-refractivity contribution in [2.75, 3.05) is 0 Å². The van der Waals surface area contributed by atoms with Gasteiger partial charge in [-0.15, -0.1) is 0 Å². The summed E-state index contributed by atoms with van der Waals surface area (Å²) in [4.78, 5) is 10.6. The smallest absolute Gasteiger partial charge is 0.325 e. The zero-order valence-corrected chi connectivity index (χ0v) is 8.30. The molecule has 2 rings (SSSR count). The van der Waals surface area contributed by atoms with Crippen LogP contribution in [0.1, 0.15) is 0 Å². The quantitative estimate of drug-likeness (QED) is 0.857. The summed E-state index contributed by atoms with van der Waals surface area (Å²) in [5, 5.41) is 12.6. The molecule has 0 spiro atoms. The molecule has 0 saturated heterocycles. The summed E-state index contributed by atoms with van der Waals surface area (Å²) in [5.41, 5.74) is 1.20. The van der Waals surface area contributed by atoms with Crippen molar-refractivity contribution in [2.45, 2.75) is 6.54 Å². The van der Waals surface area contributed by atoms with Crippen molar-refractivity contribution in [1.29, 1.82) is 0 Å². The van der Waals surface area contributed by atoms with Crippen LogP contribution in [-0.2, 0) is 11.3 Å². The molecule has 1 N–H and O–H groups in total. The first-order chi connectivity index (χ1) is 7.66. The molecule has 0 saturated carbocycles. The monoisotopic (exact) mass is 220 g/mol. The highest BCUT2D eigenvalue weighted by atomic mass is 19.1. The van der Waals surface area contributed by atoms with Crippen molar-refractivity contribution < 1.29 is 14.3 Å². The van der Waals surface area contributed by atoms with Crippen LogP contribution >= 0.6 is 0 Å². The standard InChI is InChI=1S/C11H9FN2O2/c12-9-3-1-2-8(6-9)10-4-5-13-14(10)7-11(15)16/h1-6H,7H2,(H,15,16). The number of carboxylic acids is 1. The molecule has 0 radical (unpaired) electrons. The number of rotatable bonds is 3. The van der Waals surface area contributed by atoms with Gasteiger partial charge in [0, 0.05) is 11.8 Å². The SMILES string of the molecule is O=C(O)Cn1nccc1-c1cccc(F)c1. The molecule has 82 valence electrons. The summed E-state index contributed by atoms with van der Waals surface area (Å²) >= 11 is 0. The van der Waals surface area contributed by atoms with E-state index in [4.69, 9.17) is 5.11 Å². The highest BCUT2D eigenvalue weighted by Crippen LogP contribution is 2.19. The van der Waals surface area contributed by atoms with Crippen LogP contribution in [0.4, 0.5) is 4.39 Å². The molecule has 1 aromatic carbocycles. The Kier molecular flexibility index (Phi) is 2.68. The molecule has 1 heterocycles. The van der Waals surface area contributed by atoms with Gasteiger partial charge in [0.1, 0.15) is 12.4 Å². The Bertz CT molecular complexity index is 522. The maximum atomic E-state index is 13.0. The lowest BCUT2D eigenvalue weighted by Gasteiger charge is -2.04. The van der Waals surface area contributed by atoms with Crippen molar-refractivity contribution in [2.24, 2.45) is 0 Å². The van der Waals surface area contributed by atoms with E-state index in [0.29, 0.717) is 11.3 Å². The van der Waals surface area contributed by atoms with Crippen molar-refractivity contribution in [1.82, 2.24) is 9.78 Å². The van der Waals surface area contributed by atoms with Crippen LogP contribution in [0.3, 0.4) is 0 Å². The highest BCUT2D eigenvalue weighted by Gasteiger charge is 2.08. The maximum absolute atomic E-state index is 13.0. The summed E-state index contributed by atoms with van der Waals surface area (Å²) in [7, 11) is 0. The van der Waals surface area contributed by atoms with Gasteiger partial charge in [0.15, 0.2) is 0 Å². The molecular formula is C11H9FN2O2. The molecule has 0 atom stereocenters.